The van der Waals surface area contributed by atoms with Crippen molar-refractivity contribution in [3.63, 3.8) is 0 Å². The van der Waals surface area contributed by atoms with Crippen molar-refractivity contribution in [2.24, 2.45) is 5.92 Å². The number of hydrogen-bond acceptors (Lipinski definition) is 10. The van der Waals surface area contributed by atoms with Crippen molar-refractivity contribution < 1.29 is 26.5 Å². The molecule has 0 radical (unpaired) electrons. The number of anilines is 11. The van der Waals surface area contributed by atoms with Crippen LogP contribution in [0, 0.1) is 33.6 Å². The molecule has 0 spiro atoms. The lowest BCUT2D eigenvalue weighted by Crippen LogP contribution is -2.35. The lowest BCUT2D eigenvalue weighted by Gasteiger charge is -2.36. The number of allylic oxidation sites excluding steroid dienone is 2. The van der Waals surface area contributed by atoms with E-state index in [4.69, 9.17) is 26.5 Å². The first kappa shape index (κ1) is 74.2. The van der Waals surface area contributed by atoms with E-state index in [1.807, 2.05) is 0 Å². The second kappa shape index (κ2) is 28.9. The summed E-state index contributed by atoms with van der Waals surface area (Å²) < 4.78 is 44.0. The first-order valence-corrected chi connectivity index (χ1v) is 44.6. The molecule has 6 aromatic heterocycles. The topological polar surface area (TPSA) is 91.8 Å². The summed E-state index contributed by atoms with van der Waals surface area (Å²) in [5.41, 5.74) is 27.6. The quantitative estimate of drug-likeness (QED) is 0.0988. The first-order valence-electron chi connectivity index (χ1n) is 44.6. The summed E-state index contributed by atoms with van der Waals surface area (Å²) in [5, 5.41) is 20.7. The van der Waals surface area contributed by atoms with E-state index in [1.54, 1.807) is 0 Å². The van der Waals surface area contributed by atoms with Gasteiger partial charge in [-0.15, -0.1) is 0 Å². The predicted octanol–water partition coefficient (Wildman–Crippen LogP) is 34.4. The van der Waals surface area contributed by atoms with Crippen LogP contribution in [0.25, 0.3) is 175 Å². The van der Waals surface area contributed by atoms with Crippen molar-refractivity contribution in [3.8, 4) is 0 Å². The molecule has 0 fully saturated rings. The van der Waals surface area contributed by atoms with Crippen LogP contribution in [0.5, 0.6) is 0 Å². The zero-order valence-corrected chi connectivity index (χ0v) is 71.5. The van der Waals surface area contributed by atoms with E-state index in [9.17, 15) is 0 Å². The molecule has 0 amide bonds. The van der Waals surface area contributed by atoms with Gasteiger partial charge in [0, 0.05) is 125 Å². The lowest BCUT2D eigenvalue weighted by molar-refractivity contribution is 0.605. The molecule has 1 aliphatic rings. The van der Waals surface area contributed by atoms with Crippen molar-refractivity contribution in [1.29, 1.82) is 0 Å². The largest absolute Gasteiger partial charge is 0.455 e. The molecule has 0 saturated heterocycles. The van der Waals surface area contributed by atoms with Crippen LogP contribution in [0.2, 0.25) is 0 Å². The van der Waals surface area contributed by atoms with Crippen molar-refractivity contribution in [3.05, 3.63) is 403 Å². The number of para-hydroxylation sites is 11. The molecule has 2 atom stereocenters. The fourth-order valence-electron chi connectivity index (χ4n) is 21.4. The molecule has 0 bridgehead atoms. The van der Waals surface area contributed by atoms with E-state index in [1.165, 1.54) is 0 Å². The Bertz CT molecular complexity index is 9100. The Kier molecular flexibility index (Phi) is 16.6. The standard InChI is InChI=1S/C119H82N4O6/c1-69-31-9-20-56-97(69)121(101-60-28-52-89-85-48-23-34-72(4)108(85)124-117(89)101)105-66-94-93-65-104(77-40-12-16-44-81(77)112(93)128-113(94)82-45-17-13-41-78(82)105)120(76-38-7-6-8-39-76)100-59-27-54-91-87-50-25-36-74(110(87)126-116(91)100)63-64-75-37-26-51-88-92-55-30-62-103(119(92)127-111(75)88)123(99-58-22-11-33-71(99)3)107-68-96-95-67-106(79-42-14-18-46-83(79)114(95)129-115(96)84-47-19-15-43-80(84)107)122(98-57-21-10-32-70(98)2)102-61-29-53-90-86-49-24-35-73(5)109(86)125-118(90)102/h6-62,65-69,97H,63-64H2,1-5H3. The Labute approximate surface area is 741 Å². The van der Waals surface area contributed by atoms with Crippen LogP contribution in [-0.2, 0) is 12.8 Å². The Hall–Kier alpha value is -16.3. The molecule has 0 N–H and O–H groups in total. The van der Waals surface area contributed by atoms with Crippen molar-refractivity contribution in [2.75, 3.05) is 19.6 Å². The molecule has 6 heterocycles. The maximum Gasteiger partial charge on any atom is 0.159 e. The van der Waals surface area contributed by atoms with E-state index in [-0.39, 0.29) is 12.0 Å². The minimum Gasteiger partial charge on any atom is -0.455 e. The highest BCUT2D eigenvalue weighted by atomic mass is 16.4. The van der Waals surface area contributed by atoms with E-state index < -0.39 is 0 Å². The average Bonchev–Trinajstić information content (AvgIpc) is 1.57. The summed E-state index contributed by atoms with van der Waals surface area (Å²) in [6.07, 6.45) is 10.4. The van der Waals surface area contributed by atoms with Gasteiger partial charge in [0.15, 0.2) is 22.3 Å². The second-order valence-electron chi connectivity index (χ2n) is 34.9. The molecule has 129 heavy (non-hydrogen) atoms. The van der Waals surface area contributed by atoms with Crippen LogP contribution in [0.4, 0.5) is 62.6 Å². The Morgan fingerprint density at radius 1 is 0.202 bits per heavy atom. The van der Waals surface area contributed by atoms with Gasteiger partial charge < -0.3 is 46.1 Å². The summed E-state index contributed by atoms with van der Waals surface area (Å²) in [5.74, 6) is 0.157. The van der Waals surface area contributed by atoms with Gasteiger partial charge in [0.25, 0.3) is 0 Å². The summed E-state index contributed by atoms with van der Waals surface area (Å²) >= 11 is 0. The summed E-state index contributed by atoms with van der Waals surface area (Å²) in [7, 11) is 0. The van der Waals surface area contributed by atoms with Gasteiger partial charge in [-0.1, -0.05) is 304 Å². The van der Waals surface area contributed by atoms with Crippen LogP contribution in [0.1, 0.15) is 40.3 Å². The average molecular weight is 1660 g/mol. The van der Waals surface area contributed by atoms with E-state index in [0.29, 0.717) is 12.8 Å². The third-order valence-corrected chi connectivity index (χ3v) is 27.5. The van der Waals surface area contributed by atoms with Gasteiger partial charge in [0.2, 0.25) is 0 Å². The van der Waals surface area contributed by atoms with E-state index in [2.05, 4.69) is 424 Å². The number of fused-ring (bicyclic) bond motifs is 26. The minimum atomic E-state index is -0.0560. The van der Waals surface area contributed by atoms with Crippen molar-refractivity contribution >= 4 is 237 Å². The van der Waals surface area contributed by atoms with Crippen molar-refractivity contribution in [2.45, 2.75) is 53.5 Å². The number of benzene rings is 19. The van der Waals surface area contributed by atoms with Gasteiger partial charge in [0.05, 0.1) is 51.5 Å². The highest BCUT2D eigenvalue weighted by molar-refractivity contribution is 6.29. The number of hydrogen-bond donors (Lipinski definition) is 0. The Morgan fingerprint density at radius 3 is 0.891 bits per heavy atom. The molecule has 26 rings (SSSR count). The van der Waals surface area contributed by atoms with Crippen LogP contribution < -0.4 is 19.6 Å². The predicted molar refractivity (Wildman–Crippen MR) is 537 cm³/mol. The fraction of sp³-hybridized carbons (Fsp3) is 0.0756. The van der Waals surface area contributed by atoms with Gasteiger partial charge >= 0.3 is 0 Å². The maximum atomic E-state index is 7.59. The second-order valence-corrected chi connectivity index (χ2v) is 34.9. The van der Waals surface area contributed by atoms with Crippen LogP contribution >= 0.6 is 0 Å². The smallest absolute Gasteiger partial charge is 0.159 e. The van der Waals surface area contributed by atoms with Gasteiger partial charge in [-0.2, -0.15) is 0 Å². The number of furan rings is 6. The molecule has 10 heteroatoms. The summed E-state index contributed by atoms with van der Waals surface area (Å²) in [6.45, 7) is 11.0. The van der Waals surface area contributed by atoms with Crippen molar-refractivity contribution in [1.82, 2.24) is 0 Å². The molecule has 1 aliphatic carbocycles. The maximum absolute atomic E-state index is 7.59. The van der Waals surface area contributed by atoms with E-state index in [0.717, 1.165) is 271 Å². The van der Waals surface area contributed by atoms with Gasteiger partial charge in [0.1, 0.15) is 44.7 Å². The SMILES string of the molecule is Cc1ccccc1N(c1cc2c3cc(N(c4ccccc4C)c4cccc5c4oc4c(CCc6cccc7c6oc6c(N(c8ccccc8)c8cc9c%10cc(N(c%11cccc%12c%11oc%11c(C)cccc%11%12)C%11C=CC=CC%11C)c%11ccccc%11c%10oc9c9ccccc89)cccc67)cccc45)c4ccccc4c3oc2c2ccccc12)c1cccc2c1oc1c(C)cccc12. The first-order chi connectivity index (χ1) is 63.6. The number of nitrogens with zero attached hydrogens (tertiary/aromatic N) is 4. The highest BCUT2D eigenvalue weighted by Crippen LogP contribution is 2.56. The molecule has 25 aromatic rings. The third-order valence-electron chi connectivity index (χ3n) is 27.5. The normalized spacial score (nSPS) is 13.8. The molecular weight excluding hydrogens is 1580 g/mol. The third kappa shape index (κ3) is 11.2. The molecule has 10 nitrogen and oxygen atoms in total. The molecule has 19 aromatic carbocycles. The molecule has 2 unspecified atom stereocenters. The van der Waals surface area contributed by atoms with Crippen LogP contribution in [0.3, 0.4) is 0 Å². The summed E-state index contributed by atoms with van der Waals surface area (Å²) in [6, 6.07) is 125. The zero-order valence-electron chi connectivity index (χ0n) is 71.5. The Morgan fingerprint density at radius 2 is 0.473 bits per heavy atom. The fourth-order valence-corrected chi connectivity index (χ4v) is 21.4. The van der Waals surface area contributed by atoms with E-state index >= 15 is 0 Å². The number of rotatable bonds is 15. The van der Waals surface area contributed by atoms with Gasteiger partial charge in [-0.3, -0.25) is 0 Å². The highest BCUT2D eigenvalue weighted by Gasteiger charge is 2.34. The molecule has 0 aliphatic heterocycles. The monoisotopic (exact) mass is 1660 g/mol. The molecular formula is C119H82N4O6. The van der Waals surface area contributed by atoms with Crippen LogP contribution in [0.15, 0.2) is 397 Å². The molecule has 0 saturated carbocycles. The van der Waals surface area contributed by atoms with Crippen LogP contribution in [-0.4, -0.2) is 6.04 Å². The Balaban J connectivity index is 0.602. The van der Waals surface area contributed by atoms with Gasteiger partial charge in [-0.25, -0.2) is 0 Å². The molecule has 614 valence electrons. The minimum absolute atomic E-state index is 0.0560. The summed E-state index contributed by atoms with van der Waals surface area (Å²) in [4.78, 5) is 9.74. The lowest BCUT2D eigenvalue weighted by atomic mass is 9.92. The number of aryl methyl sites for hydroxylation is 6. The zero-order chi connectivity index (χ0) is 85.5. The van der Waals surface area contributed by atoms with Gasteiger partial charge in [-0.05, 0) is 153 Å².